The molecule has 0 atom stereocenters. The Kier molecular flexibility index (Phi) is 3.95. The molecule has 1 amide bonds. The van der Waals surface area contributed by atoms with Gasteiger partial charge < -0.3 is 23.1 Å². The summed E-state index contributed by atoms with van der Waals surface area (Å²) in [5.74, 6) is -0.430. The van der Waals surface area contributed by atoms with Crippen molar-refractivity contribution in [1.82, 2.24) is 15.0 Å². The number of carbonyl (C=O) groups excluding carboxylic acids is 2. The van der Waals surface area contributed by atoms with Crippen molar-refractivity contribution in [2.75, 3.05) is 7.11 Å². The third-order valence-corrected chi connectivity index (χ3v) is 4.90. The highest BCUT2D eigenvalue weighted by molar-refractivity contribution is 6.06. The lowest BCUT2D eigenvalue weighted by atomic mass is 10.2. The Morgan fingerprint density at radius 2 is 1.97 bits per heavy atom. The fourth-order valence-electron chi connectivity index (χ4n) is 3.43. The molecule has 0 aliphatic carbocycles. The summed E-state index contributed by atoms with van der Waals surface area (Å²) in [6.45, 7) is 0. The van der Waals surface area contributed by atoms with Gasteiger partial charge in [-0.15, -0.1) is 0 Å². The monoisotopic (exact) mass is 404 g/mol. The number of H-pyrrole nitrogens is 1. The zero-order valence-corrected chi connectivity index (χ0v) is 16.1. The zero-order chi connectivity index (χ0) is 20.8. The summed E-state index contributed by atoms with van der Waals surface area (Å²) >= 11 is 0. The van der Waals surface area contributed by atoms with Crippen LogP contribution in [0.5, 0.6) is 0 Å². The molecule has 1 aromatic carbocycles. The van der Waals surface area contributed by atoms with Crippen LogP contribution >= 0.6 is 0 Å². The number of aromatic amines is 1. The van der Waals surface area contributed by atoms with Gasteiger partial charge in [0.15, 0.2) is 11.2 Å². The van der Waals surface area contributed by atoms with E-state index in [1.165, 1.54) is 13.3 Å². The zero-order valence-electron chi connectivity index (χ0n) is 16.1. The number of furan rings is 2. The molecule has 9 nitrogen and oxygen atoms in total. The highest BCUT2D eigenvalue weighted by Crippen LogP contribution is 2.28. The SMILES string of the molecule is COC(=O)c1cc2oc(/C=N/NC(=O)c3cc4oc5ccccc5c4[nH]3)cc2n1C. The lowest BCUT2D eigenvalue weighted by Crippen LogP contribution is -2.17. The van der Waals surface area contributed by atoms with Crippen LogP contribution in [-0.2, 0) is 11.8 Å². The van der Waals surface area contributed by atoms with Crippen LogP contribution in [0.3, 0.4) is 0 Å². The number of ether oxygens (including phenoxy) is 1. The van der Waals surface area contributed by atoms with Crippen molar-refractivity contribution >= 4 is 51.3 Å². The van der Waals surface area contributed by atoms with Crippen LogP contribution in [-0.4, -0.2) is 34.8 Å². The van der Waals surface area contributed by atoms with E-state index < -0.39 is 11.9 Å². The van der Waals surface area contributed by atoms with Crippen LogP contribution in [0.25, 0.3) is 33.2 Å². The van der Waals surface area contributed by atoms with Crippen LogP contribution in [0.2, 0.25) is 0 Å². The van der Waals surface area contributed by atoms with Crippen molar-refractivity contribution in [1.29, 1.82) is 0 Å². The van der Waals surface area contributed by atoms with Crippen molar-refractivity contribution in [3.63, 3.8) is 0 Å². The first-order valence-electron chi connectivity index (χ1n) is 9.06. The number of aromatic nitrogens is 2. The molecule has 4 heterocycles. The van der Waals surface area contributed by atoms with Crippen LogP contribution in [0, 0.1) is 0 Å². The highest BCUT2D eigenvalue weighted by Gasteiger charge is 2.17. The Balaban J connectivity index is 1.33. The molecule has 0 aliphatic heterocycles. The maximum absolute atomic E-state index is 12.4. The quantitative estimate of drug-likeness (QED) is 0.270. The third-order valence-electron chi connectivity index (χ3n) is 4.90. The number of rotatable bonds is 4. The fraction of sp³-hybridized carbons (Fsp3) is 0.0952. The van der Waals surface area contributed by atoms with Crippen molar-refractivity contribution in [3.8, 4) is 0 Å². The number of esters is 1. The van der Waals surface area contributed by atoms with Crippen molar-refractivity contribution in [2.24, 2.45) is 12.1 Å². The Morgan fingerprint density at radius 3 is 2.77 bits per heavy atom. The largest absolute Gasteiger partial charge is 0.464 e. The lowest BCUT2D eigenvalue weighted by Gasteiger charge is -2.00. The molecule has 2 N–H and O–H groups in total. The fourth-order valence-corrected chi connectivity index (χ4v) is 3.43. The van der Waals surface area contributed by atoms with Crippen LogP contribution in [0.1, 0.15) is 26.7 Å². The lowest BCUT2D eigenvalue weighted by molar-refractivity contribution is 0.0590. The molecule has 4 aromatic heterocycles. The van der Waals surface area contributed by atoms with E-state index >= 15 is 0 Å². The number of amides is 1. The maximum Gasteiger partial charge on any atom is 0.354 e. The van der Waals surface area contributed by atoms with Gasteiger partial charge in [0.1, 0.15) is 22.7 Å². The summed E-state index contributed by atoms with van der Waals surface area (Å²) < 4.78 is 17.8. The standard InChI is InChI=1S/C21H16N4O5/c1-25-14-7-11(29-17(14)9-15(25)21(27)28-2)10-22-24-20(26)13-8-18-19(23-13)12-5-3-4-6-16(12)30-18/h3-10,23H,1-2H3,(H,24,26)/b22-10+. The molecule has 5 aromatic rings. The van der Waals surface area contributed by atoms with E-state index in [0.717, 1.165) is 16.5 Å². The Morgan fingerprint density at radius 1 is 1.13 bits per heavy atom. The number of para-hydroxylation sites is 1. The van der Waals surface area contributed by atoms with Gasteiger partial charge >= 0.3 is 5.97 Å². The van der Waals surface area contributed by atoms with Gasteiger partial charge in [-0.25, -0.2) is 10.2 Å². The van der Waals surface area contributed by atoms with E-state index in [1.807, 2.05) is 24.3 Å². The van der Waals surface area contributed by atoms with Crippen LogP contribution in [0.15, 0.2) is 56.4 Å². The molecule has 30 heavy (non-hydrogen) atoms. The third kappa shape index (κ3) is 2.75. The van der Waals surface area contributed by atoms with E-state index in [9.17, 15) is 9.59 Å². The van der Waals surface area contributed by atoms with Gasteiger partial charge in [0.05, 0.1) is 24.4 Å². The summed E-state index contributed by atoms with van der Waals surface area (Å²) in [6, 6.07) is 12.5. The number of fused-ring (bicyclic) bond motifs is 4. The molecule has 0 saturated carbocycles. The Bertz CT molecular complexity index is 1460. The van der Waals surface area contributed by atoms with Crippen molar-refractivity contribution < 1.29 is 23.2 Å². The van der Waals surface area contributed by atoms with Gasteiger partial charge in [0.25, 0.3) is 5.91 Å². The number of nitrogens with one attached hydrogen (secondary N) is 2. The molecule has 0 aliphatic rings. The molecule has 0 radical (unpaired) electrons. The van der Waals surface area contributed by atoms with Gasteiger partial charge in [-0.05, 0) is 12.1 Å². The number of hydrogen-bond acceptors (Lipinski definition) is 6. The minimum atomic E-state index is -0.448. The summed E-state index contributed by atoms with van der Waals surface area (Å²) in [5.41, 5.74) is 6.51. The second-order valence-electron chi connectivity index (χ2n) is 6.70. The number of hydrogen-bond donors (Lipinski definition) is 2. The molecule has 9 heteroatoms. The van der Waals surface area contributed by atoms with E-state index in [0.29, 0.717) is 33.8 Å². The van der Waals surface area contributed by atoms with Gasteiger partial charge in [-0.2, -0.15) is 5.10 Å². The van der Waals surface area contributed by atoms with Gasteiger partial charge in [0, 0.05) is 30.6 Å². The first-order valence-corrected chi connectivity index (χ1v) is 9.06. The molecule has 0 unspecified atom stereocenters. The Hall–Kier alpha value is -4.27. The number of methoxy groups -OCH3 is 1. The first-order chi connectivity index (χ1) is 14.5. The molecule has 0 saturated heterocycles. The van der Waals surface area contributed by atoms with E-state index in [2.05, 4.69) is 15.5 Å². The summed E-state index contributed by atoms with van der Waals surface area (Å²) in [5, 5.41) is 4.85. The number of hydrazone groups is 1. The minimum Gasteiger partial charge on any atom is -0.464 e. The smallest absolute Gasteiger partial charge is 0.354 e. The summed E-state index contributed by atoms with van der Waals surface area (Å²) in [7, 11) is 3.05. The van der Waals surface area contributed by atoms with Gasteiger partial charge in [-0.1, -0.05) is 12.1 Å². The number of aryl methyl sites for hydroxylation is 1. The minimum absolute atomic E-state index is 0.332. The van der Waals surface area contributed by atoms with Crippen molar-refractivity contribution in [3.05, 3.63) is 59.6 Å². The maximum atomic E-state index is 12.4. The average Bonchev–Trinajstić information content (AvgIpc) is 3.48. The number of carbonyl (C=O) groups is 2. The second-order valence-corrected chi connectivity index (χ2v) is 6.70. The van der Waals surface area contributed by atoms with Crippen LogP contribution in [0.4, 0.5) is 0 Å². The highest BCUT2D eigenvalue weighted by atomic mass is 16.5. The van der Waals surface area contributed by atoms with Crippen molar-refractivity contribution in [2.45, 2.75) is 0 Å². The number of benzene rings is 1. The molecule has 5 rings (SSSR count). The molecule has 0 bridgehead atoms. The first kappa shape index (κ1) is 17.8. The molecule has 0 fully saturated rings. The molecular weight excluding hydrogens is 388 g/mol. The van der Waals surface area contributed by atoms with E-state index in [4.69, 9.17) is 13.6 Å². The summed E-state index contributed by atoms with van der Waals surface area (Å²) in [6.07, 6.45) is 1.39. The topological polar surface area (TPSA) is 115 Å². The van der Waals surface area contributed by atoms with Crippen LogP contribution < -0.4 is 5.43 Å². The predicted molar refractivity (Wildman–Crippen MR) is 110 cm³/mol. The van der Waals surface area contributed by atoms with E-state index in [-0.39, 0.29) is 0 Å². The van der Waals surface area contributed by atoms with E-state index in [1.54, 1.807) is 29.8 Å². The average molecular weight is 404 g/mol. The second kappa shape index (κ2) is 6.66. The number of nitrogens with zero attached hydrogens (tertiary/aromatic N) is 2. The molecular formula is C21H16N4O5. The molecule has 0 spiro atoms. The van der Waals surface area contributed by atoms with Gasteiger partial charge in [-0.3, -0.25) is 4.79 Å². The predicted octanol–water partition coefficient (Wildman–Crippen LogP) is 3.55. The molecule has 150 valence electrons. The Labute approximate surface area is 168 Å². The summed E-state index contributed by atoms with van der Waals surface area (Å²) in [4.78, 5) is 27.2. The van der Waals surface area contributed by atoms with Gasteiger partial charge in [0.2, 0.25) is 0 Å². The normalized spacial score (nSPS) is 11.8.